The van der Waals surface area contributed by atoms with Crippen LogP contribution in [0.25, 0.3) is 0 Å². The topological polar surface area (TPSA) is 98.8 Å². The van der Waals surface area contributed by atoms with Crippen LogP contribution in [-0.4, -0.2) is 24.2 Å². The largest absolute Gasteiger partial charge is 0.493 e. The van der Waals surface area contributed by atoms with Crippen molar-refractivity contribution >= 4 is 28.6 Å². The molecule has 0 atom stereocenters. The predicted molar refractivity (Wildman–Crippen MR) is 110 cm³/mol. The fourth-order valence-corrected chi connectivity index (χ4v) is 3.19. The molecule has 2 aromatic carbocycles. The Morgan fingerprint density at radius 2 is 2.03 bits per heavy atom. The van der Waals surface area contributed by atoms with Crippen LogP contribution < -0.4 is 20.6 Å². The van der Waals surface area contributed by atoms with Gasteiger partial charge in [-0.15, -0.1) is 0 Å². The molecule has 150 valence electrons. The van der Waals surface area contributed by atoms with E-state index in [1.807, 2.05) is 0 Å². The number of carbonyl (C=O) groups excluding carboxylic acids is 1. The highest BCUT2D eigenvalue weighted by molar-refractivity contribution is 7.17. The Bertz CT molecular complexity index is 1030. The van der Waals surface area contributed by atoms with Crippen LogP contribution in [0, 0.1) is 12.7 Å². The quantitative estimate of drug-likeness (QED) is 0.455. The number of nitrogen functional groups attached to an aromatic ring is 1. The van der Waals surface area contributed by atoms with Crippen LogP contribution >= 0.6 is 11.3 Å². The highest BCUT2D eigenvalue weighted by Gasteiger charge is 2.13. The summed E-state index contributed by atoms with van der Waals surface area (Å²) in [6.45, 7) is 1.98. The molecule has 0 aliphatic rings. The van der Waals surface area contributed by atoms with E-state index in [-0.39, 0.29) is 18.3 Å². The predicted octanol–water partition coefficient (Wildman–Crippen LogP) is 3.52. The van der Waals surface area contributed by atoms with E-state index < -0.39 is 0 Å². The third-order valence-corrected chi connectivity index (χ3v) is 4.88. The Labute approximate surface area is 171 Å². The first kappa shape index (κ1) is 20.3. The standard InChI is InChI=1S/C20H19FN4O3S/c1-12-18(29-20(22)24-12)19(26)25-23-10-14-5-8-16(17(9-14)27-2)28-11-13-3-6-15(21)7-4-13/h3-10H,11H2,1-2H3,(H2,22,24)(H,25,26)/b23-10-. The number of anilines is 1. The molecule has 0 bridgehead atoms. The lowest BCUT2D eigenvalue weighted by atomic mass is 10.2. The SMILES string of the molecule is COc1cc(/C=N\NC(=O)c2sc(N)nc2C)ccc1OCc1ccc(F)cc1. The summed E-state index contributed by atoms with van der Waals surface area (Å²) in [6.07, 6.45) is 1.49. The van der Waals surface area contributed by atoms with E-state index in [4.69, 9.17) is 15.2 Å². The first-order valence-electron chi connectivity index (χ1n) is 8.58. The van der Waals surface area contributed by atoms with E-state index in [0.717, 1.165) is 16.9 Å². The van der Waals surface area contributed by atoms with Gasteiger partial charge in [0.15, 0.2) is 16.6 Å². The Morgan fingerprint density at radius 3 is 2.69 bits per heavy atom. The van der Waals surface area contributed by atoms with Crippen molar-refractivity contribution in [1.82, 2.24) is 10.4 Å². The van der Waals surface area contributed by atoms with Gasteiger partial charge >= 0.3 is 0 Å². The van der Waals surface area contributed by atoms with Crippen molar-refractivity contribution in [3.63, 3.8) is 0 Å². The second kappa shape index (κ2) is 9.16. The van der Waals surface area contributed by atoms with Crippen molar-refractivity contribution in [3.8, 4) is 11.5 Å². The van der Waals surface area contributed by atoms with Crippen molar-refractivity contribution < 1.29 is 18.7 Å². The van der Waals surface area contributed by atoms with E-state index in [9.17, 15) is 9.18 Å². The summed E-state index contributed by atoms with van der Waals surface area (Å²) < 4.78 is 24.1. The minimum absolute atomic E-state index is 0.275. The summed E-state index contributed by atoms with van der Waals surface area (Å²) in [5, 5.41) is 4.29. The molecule has 3 aromatic rings. The summed E-state index contributed by atoms with van der Waals surface area (Å²) in [5.74, 6) is 0.373. The van der Waals surface area contributed by atoms with Crippen LogP contribution in [0.3, 0.4) is 0 Å². The zero-order chi connectivity index (χ0) is 20.8. The number of rotatable bonds is 7. The number of aryl methyl sites for hydroxylation is 1. The number of nitrogens with one attached hydrogen (secondary N) is 1. The molecule has 1 amide bonds. The number of nitrogens with zero attached hydrogens (tertiary/aromatic N) is 2. The zero-order valence-electron chi connectivity index (χ0n) is 15.8. The lowest BCUT2D eigenvalue weighted by molar-refractivity contribution is 0.0958. The van der Waals surface area contributed by atoms with Crippen molar-refractivity contribution in [2.45, 2.75) is 13.5 Å². The number of methoxy groups -OCH3 is 1. The molecular formula is C20H19FN4O3S. The summed E-state index contributed by atoms with van der Waals surface area (Å²) in [7, 11) is 1.53. The Kier molecular flexibility index (Phi) is 6.40. The molecule has 1 aromatic heterocycles. The van der Waals surface area contributed by atoms with E-state index in [1.54, 1.807) is 37.3 Å². The van der Waals surface area contributed by atoms with Crippen molar-refractivity contribution in [3.05, 3.63) is 70.0 Å². The number of thiazole rings is 1. The molecule has 0 aliphatic carbocycles. The van der Waals surface area contributed by atoms with Crippen LogP contribution in [0.15, 0.2) is 47.6 Å². The molecule has 7 nitrogen and oxygen atoms in total. The van der Waals surface area contributed by atoms with Crippen LogP contribution in [0.5, 0.6) is 11.5 Å². The fraction of sp³-hybridized carbons (Fsp3) is 0.150. The molecule has 3 N–H and O–H groups in total. The molecule has 0 saturated heterocycles. The van der Waals surface area contributed by atoms with E-state index >= 15 is 0 Å². The summed E-state index contributed by atoms with van der Waals surface area (Å²) >= 11 is 1.10. The number of carbonyl (C=O) groups is 1. The molecule has 0 aliphatic heterocycles. The smallest absolute Gasteiger partial charge is 0.283 e. The minimum atomic E-state index is -0.376. The number of hydrogen-bond donors (Lipinski definition) is 2. The lowest BCUT2D eigenvalue weighted by Gasteiger charge is -2.11. The van der Waals surface area contributed by atoms with Crippen molar-refractivity contribution in [2.24, 2.45) is 5.10 Å². The van der Waals surface area contributed by atoms with Gasteiger partial charge in [-0.25, -0.2) is 14.8 Å². The Morgan fingerprint density at radius 1 is 1.28 bits per heavy atom. The van der Waals surface area contributed by atoms with E-state index in [2.05, 4.69) is 15.5 Å². The van der Waals surface area contributed by atoms with Gasteiger partial charge in [-0.3, -0.25) is 4.79 Å². The van der Waals surface area contributed by atoms with Gasteiger partial charge in [-0.1, -0.05) is 23.5 Å². The number of halogens is 1. The maximum absolute atomic E-state index is 13.0. The first-order chi connectivity index (χ1) is 14.0. The number of nitrogens with two attached hydrogens (primary N) is 1. The molecule has 0 spiro atoms. The molecule has 29 heavy (non-hydrogen) atoms. The van der Waals surface area contributed by atoms with Gasteiger partial charge in [0.25, 0.3) is 5.91 Å². The van der Waals surface area contributed by atoms with E-state index in [1.165, 1.54) is 25.5 Å². The third kappa shape index (κ3) is 5.29. The second-order valence-corrected chi connectivity index (χ2v) is 7.02. The Balaban J connectivity index is 1.63. The maximum atomic E-state index is 13.0. The van der Waals surface area contributed by atoms with Crippen molar-refractivity contribution in [2.75, 3.05) is 12.8 Å². The number of amides is 1. The van der Waals surface area contributed by atoms with Crippen LogP contribution in [-0.2, 0) is 6.61 Å². The molecule has 3 rings (SSSR count). The molecule has 0 fully saturated rings. The monoisotopic (exact) mass is 414 g/mol. The third-order valence-electron chi connectivity index (χ3n) is 3.89. The molecule has 9 heteroatoms. The van der Waals surface area contributed by atoms with Gasteiger partial charge in [0, 0.05) is 0 Å². The van der Waals surface area contributed by atoms with E-state index in [0.29, 0.717) is 32.8 Å². The van der Waals surface area contributed by atoms with Gasteiger partial charge in [-0.05, 0) is 48.4 Å². The summed E-state index contributed by atoms with van der Waals surface area (Å²) in [4.78, 5) is 16.5. The highest BCUT2D eigenvalue weighted by atomic mass is 32.1. The lowest BCUT2D eigenvalue weighted by Crippen LogP contribution is -2.17. The van der Waals surface area contributed by atoms with Gasteiger partial charge in [0.2, 0.25) is 0 Å². The number of hydrogen-bond acceptors (Lipinski definition) is 7. The normalized spacial score (nSPS) is 10.9. The molecule has 1 heterocycles. The summed E-state index contributed by atoms with van der Waals surface area (Å²) in [6, 6.07) is 11.3. The van der Waals surface area contributed by atoms with Crippen LogP contribution in [0.4, 0.5) is 9.52 Å². The highest BCUT2D eigenvalue weighted by Crippen LogP contribution is 2.28. The van der Waals surface area contributed by atoms with Gasteiger partial charge in [0.05, 0.1) is 19.0 Å². The molecule has 0 saturated carbocycles. The second-order valence-electron chi connectivity index (χ2n) is 5.99. The number of benzene rings is 2. The van der Waals surface area contributed by atoms with Gasteiger partial charge in [0.1, 0.15) is 17.3 Å². The van der Waals surface area contributed by atoms with Crippen molar-refractivity contribution in [1.29, 1.82) is 0 Å². The van der Waals surface area contributed by atoms with Gasteiger partial charge < -0.3 is 15.2 Å². The molecule has 0 unspecified atom stereocenters. The van der Waals surface area contributed by atoms with Gasteiger partial charge in [-0.2, -0.15) is 5.10 Å². The maximum Gasteiger partial charge on any atom is 0.283 e. The molecule has 0 radical (unpaired) electrons. The average Bonchev–Trinajstić information content (AvgIpc) is 3.06. The van der Waals surface area contributed by atoms with Crippen LogP contribution in [0.1, 0.15) is 26.5 Å². The average molecular weight is 414 g/mol. The number of aromatic nitrogens is 1. The number of ether oxygens (including phenoxy) is 2. The minimum Gasteiger partial charge on any atom is -0.493 e. The first-order valence-corrected chi connectivity index (χ1v) is 9.39. The Hall–Kier alpha value is -3.46. The van der Waals surface area contributed by atoms with Crippen LogP contribution in [0.2, 0.25) is 0 Å². The number of hydrazone groups is 1. The summed E-state index contributed by atoms with van der Waals surface area (Å²) in [5.41, 5.74) is 10.1. The fourth-order valence-electron chi connectivity index (χ4n) is 2.47. The zero-order valence-corrected chi connectivity index (χ0v) is 16.6. The molecular weight excluding hydrogens is 395 g/mol.